The topological polar surface area (TPSA) is 20.6 Å². The Bertz CT molecular complexity index is 1750. The molecule has 7 rings (SSSR count). The van der Waals surface area contributed by atoms with Gasteiger partial charge in [0.1, 0.15) is 8.07 Å². The molecule has 50 heavy (non-hydrogen) atoms. The molecular formula is C45H53AuN3Si-2. The van der Waals surface area contributed by atoms with E-state index < -0.39 is 8.07 Å². The molecule has 3 nitrogen and oxygen atoms in total. The second kappa shape index (κ2) is 15.4. The van der Waals surface area contributed by atoms with Crippen LogP contribution < -0.4 is 20.2 Å². The van der Waals surface area contributed by atoms with Crippen LogP contribution in [0.1, 0.15) is 101 Å². The fourth-order valence-electron chi connectivity index (χ4n) is 7.52. The number of rotatable bonds is 6. The van der Waals surface area contributed by atoms with E-state index in [1.807, 2.05) is 0 Å². The summed E-state index contributed by atoms with van der Waals surface area (Å²) < 4.78 is 0. The van der Waals surface area contributed by atoms with Gasteiger partial charge in [-0.2, -0.15) is 0 Å². The van der Waals surface area contributed by atoms with Crippen molar-refractivity contribution in [3.63, 3.8) is 0 Å². The van der Waals surface area contributed by atoms with Crippen molar-refractivity contribution in [2.45, 2.75) is 92.2 Å². The molecule has 0 fully saturated rings. The average Bonchev–Trinajstić information content (AvgIpc) is 3.47. The Labute approximate surface area is 318 Å². The van der Waals surface area contributed by atoms with Gasteiger partial charge in [0.05, 0.1) is 0 Å². The van der Waals surface area contributed by atoms with Crippen molar-refractivity contribution >= 4 is 52.6 Å². The molecule has 0 atom stereocenters. The Morgan fingerprint density at radius 2 is 0.780 bits per heavy atom. The number of anilines is 4. The predicted octanol–water partition coefficient (Wildman–Crippen LogP) is 12.7. The van der Waals surface area contributed by atoms with Gasteiger partial charge < -0.3 is 15.1 Å². The molecule has 0 unspecified atom stereocenters. The third-order valence-corrected chi connectivity index (χ3v) is 13.7. The van der Waals surface area contributed by atoms with Gasteiger partial charge in [-0.25, -0.2) is 0 Å². The van der Waals surface area contributed by atoms with Crippen molar-refractivity contribution in [1.29, 1.82) is 0 Å². The minimum Gasteiger partial charge on any atom is -0.658 e. The molecule has 0 bridgehead atoms. The normalized spacial score (nSPS) is 14.1. The number of para-hydroxylation sites is 6. The first-order valence-electron chi connectivity index (χ1n) is 18.1. The first-order chi connectivity index (χ1) is 23.4. The Balaban J connectivity index is 0.000000238. The van der Waals surface area contributed by atoms with E-state index in [1.54, 1.807) is 0 Å². The van der Waals surface area contributed by atoms with Crippen LogP contribution in [0.5, 0.6) is 0 Å². The van der Waals surface area contributed by atoms with Crippen LogP contribution in [-0.4, -0.2) is 8.07 Å². The van der Waals surface area contributed by atoms with Crippen LogP contribution in [0, 0.1) is 6.67 Å². The second-order valence-corrected chi connectivity index (χ2v) is 19.6. The summed E-state index contributed by atoms with van der Waals surface area (Å²) in [6.07, 6.45) is 0. The van der Waals surface area contributed by atoms with E-state index in [9.17, 15) is 0 Å². The predicted molar refractivity (Wildman–Crippen MR) is 217 cm³/mol. The van der Waals surface area contributed by atoms with Gasteiger partial charge in [0.15, 0.2) is 0 Å². The molecule has 5 aromatic carbocycles. The summed E-state index contributed by atoms with van der Waals surface area (Å²) in [6, 6.07) is 39.6. The van der Waals surface area contributed by atoms with Crippen LogP contribution in [0.4, 0.5) is 34.1 Å². The van der Waals surface area contributed by atoms with Crippen LogP contribution in [0.2, 0.25) is 13.1 Å². The SMILES string of the molecule is CC(C)c1cccc(C(C)C)c1N1[CH-]N(c2c(C(C)C)cccc2C(C)C)c2ccccc21.C[Si]1(C)c2ccccc2[N-]c2ccccc21.[Au]. The maximum absolute atomic E-state index is 4.74. The van der Waals surface area contributed by atoms with E-state index >= 15 is 0 Å². The van der Waals surface area contributed by atoms with Crippen molar-refractivity contribution in [1.82, 2.24) is 0 Å². The zero-order chi connectivity index (χ0) is 35.0. The average molecular weight is 861 g/mol. The molecule has 0 N–H and O–H groups in total. The standard InChI is InChI=1S/C31H39N2.C14H14NSi.Au/c1-20(2)24-13-11-14-25(21(3)4)30(24)32-19-33(29-18-10-9-17-28(29)32)31-26(22(5)6)15-12-16-27(31)23(7)8;1-16(2)13-9-5-3-7-11(13)15-12-8-4-6-10-14(12)16;/h9-23H,1-8H3;3-10H,1-2H3;/q2*-1;. The summed E-state index contributed by atoms with van der Waals surface area (Å²) in [5.41, 5.74) is 13.1. The molecule has 1 radical (unpaired) electrons. The minimum atomic E-state index is -1.53. The van der Waals surface area contributed by atoms with Gasteiger partial charge in [0.25, 0.3) is 0 Å². The molecule has 0 aromatic heterocycles. The number of benzene rings is 5. The first kappa shape index (κ1) is 37.7. The molecule has 265 valence electrons. The largest absolute Gasteiger partial charge is 0.658 e. The van der Waals surface area contributed by atoms with Gasteiger partial charge in [0.2, 0.25) is 0 Å². The molecule has 5 aromatic rings. The monoisotopic (exact) mass is 860 g/mol. The van der Waals surface area contributed by atoms with Crippen LogP contribution >= 0.6 is 0 Å². The van der Waals surface area contributed by atoms with Crippen molar-refractivity contribution < 1.29 is 22.4 Å². The third-order valence-electron chi connectivity index (χ3n) is 10.2. The Hall–Kier alpha value is -3.54. The molecule has 5 heteroatoms. The van der Waals surface area contributed by atoms with Gasteiger partial charge in [-0.05, 0) is 58.1 Å². The van der Waals surface area contributed by atoms with Crippen LogP contribution in [0.15, 0.2) is 109 Å². The number of hydrogen-bond donors (Lipinski definition) is 0. The summed E-state index contributed by atoms with van der Waals surface area (Å²) in [4.78, 5) is 4.89. The quantitative estimate of drug-likeness (QED) is 0.125. The van der Waals surface area contributed by atoms with Crippen LogP contribution in [0.3, 0.4) is 0 Å². The number of nitrogens with zero attached hydrogens (tertiary/aromatic N) is 3. The number of hydrogen-bond acceptors (Lipinski definition) is 2. The molecule has 2 aliphatic heterocycles. The maximum Gasteiger partial charge on any atom is 0.109 e. The summed E-state index contributed by atoms with van der Waals surface area (Å²) >= 11 is 0. The molecule has 0 saturated heterocycles. The van der Waals surface area contributed by atoms with Gasteiger partial charge >= 0.3 is 0 Å². The van der Waals surface area contributed by atoms with E-state index in [2.05, 4.69) is 194 Å². The number of fused-ring (bicyclic) bond motifs is 3. The van der Waals surface area contributed by atoms with E-state index in [1.165, 1.54) is 55.4 Å². The zero-order valence-electron chi connectivity index (χ0n) is 31.4. The van der Waals surface area contributed by atoms with E-state index in [4.69, 9.17) is 5.32 Å². The van der Waals surface area contributed by atoms with Gasteiger partial charge in [-0.1, -0.05) is 176 Å². The fourth-order valence-corrected chi connectivity index (χ4v) is 10.4. The van der Waals surface area contributed by atoms with E-state index in [0.29, 0.717) is 23.7 Å². The van der Waals surface area contributed by atoms with Crippen molar-refractivity contribution in [2.24, 2.45) is 0 Å². The minimum absolute atomic E-state index is 0. The summed E-state index contributed by atoms with van der Waals surface area (Å²) in [5.74, 6) is 1.79. The molecule has 0 spiro atoms. The Kier molecular flexibility index (Phi) is 11.6. The molecule has 0 amide bonds. The summed E-state index contributed by atoms with van der Waals surface area (Å²) in [5, 5.41) is 7.64. The van der Waals surface area contributed by atoms with Crippen molar-refractivity contribution in [3.05, 3.63) is 143 Å². The maximum atomic E-state index is 4.74. The van der Waals surface area contributed by atoms with Gasteiger partial charge in [-0.3, -0.25) is 0 Å². The van der Waals surface area contributed by atoms with Crippen LogP contribution in [-0.2, 0) is 22.4 Å². The van der Waals surface area contributed by atoms with Crippen molar-refractivity contribution in [2.75, 3.05) is 9.80 Å². The van der Waals surface area contributed by atoms with Crippen molar-refractivity contribution in [3.8, 4) is 0 Å². The summed E-state index contributed by atoms with van der Waals surface area (Å²) in [6.45, 7) is 25.5. The second-order valence-electron chi connectivity index (χ2n) is 15.3. The summed E-state index contributed by atoms with van der Waals surface area (Å²) in [7, 11) is -1.53. The molecular weight excluding hydrogens is 808 g/mol. The molecule has 0 aliphatic carbocycles. The molecule has 2 aliphatic rings. The third kappa shape index (κ3) is 7.01. The smallest absolute Gasteiger partial charge is 0.109 e. The fraction of sp³-hybridized carbons (Fsp3) is 0.311. The van der Waals surface area contributed by atoms with Gasteiger partial charge in [0, 0.05) is 45.1 Å². The van der Waals surface area contributed by atoms with Crippen LogP contribution in [0.25, 0.3) is 5.32 Å². The van der Waals surface area contributed by atoms with E-state index in [0.717, 1.165) is 11.4 Å². The van der Waals surface area contributed by atoms with E-state index in [-0.39, 0.29) is 22.4 Å². The Morgan fingerprint density at radius 1 is 0.460 bits per heavy atom. The molecule has 2 heterocycles. The molecule has 0 saturated carbocycles. The Morgan fingerprint density at radius 3 is 1.12 bits per heavy atom. The first-order valence-corrected chi connectivity index (χ1v) is 21.1. The van der Waals surface area contributed by atoms with Gasteiger partial charge in [-0.15, -0.1) is 18.0 Å². The zero-order valence-corrected chi connectivity index (χ0v) is 34.6.